The molecule has 9 heteroatoms. The Balaban J connectivity index is 1.44. The number of hydrogen-bond acceptors (Lipinski definition) is 8. The minimum absolute atomic E-state index is 0.204. The molecule has 35 heavy (non-hydrogen) atoms. The van der Waals surface area contributed by atoms with E-state index in [1.165, 1.54) is 6.33 Å². The van der Waals surface area contributed by atoms with E-state index in [0.29, 0.717) is 49.1 Å². The first-order chi connectivity index (χ1) is 17.1. The van der Waals surface area contributed by atoms with Gasteiger partial charge in [-0.05, 0) is 49.5 Å². The number of nitrogens with one attached hydrogen (secondary N) is 2. The number of aryl methyl sites for hydroxylation is 1. The van der Waals surface area contributed by atoms with Gasteiger partial charge in [-0.1, -0.05) is 24.3 Å². The van der Waals surface area contributed by atoms with Crippen LogP contribution in [0, 0.1) is 6.92 Å². The molecule has 4 rings (SSSR count). The molecule has 0 saturated heterocycles. The van der Waals surface area contributed by atoms with Crippen molar-refractivity contribution in [3.05, 3.63) is 77.5 Å². The number of hydrogen-bond donors (Lipinski definition) is 2. The third-order valence-corrected chi connectivity index (χ3v) is 5.61. The van der Waals surface area contributed by atoms with Crippen molar-refractivity contribution in [3.8, 4) is 11.1 Å². The highest BCUT2D eigenvalue weighted by molar-refractivity contribution is 6.20. The fourth-order valence-electron chi connectivity index (χ4n) is 3.79. The Kier molecular flexibility index (Phi) is 7.69. The lowest BCUT2D eigenvalue weighted by molar-refractivity contribution is -0.115. The van der Waals surface area contributed by atoms with Gasteiger partial charge in [-0.25, -0.2) is 9.97 Å². The van der Waals surface area contributed by atoms with Crippen LogP contribution in [0.2, 0.25) is 0 Å². The molecular formula is C26H28N8O. The Hall–Kier alpha value is -4.24. The Labute approximate surface area is 204 Å². The summed E-state index contributed by atoms with van der Waals surface area (Å²) >= 11 is 0. The Bertz CT molecular complexity index is 1270. The molecule has 3 heterocycles. The van der Waals surface area contributed by atoms with E-state index >= 15 is 0 Å². The normalized spacial score (nSPS) is 14.0. The van der Waals surface area contributed by atoms with Crippen LogP contribution in [-0.4, -0.2) is 54.1 Å². The summed E-state index contributed by atoms with van der Waals surface area (Å²) in [6, 6.07) is 14.2. The Morgan fingerprint density at radius 1 is 1.11 bits per heavy atom. The molecule has 1 aliphatic rings. The average molecular weight is 469 g/mol. The largest absolute Gasteiger partial charge is 0.366 e. The van der Waals surface area contributed by atoms with E-state index in [-0.39, 0.29) is 5.91 Å². The Morgan fingerprint density at radius 3 is 2.69 bits per heavy atom. The molecule has 0 saturated carbocycles. The minimum atomic E-state index is -0.204. The summed E-state index contributed by atoms with van der Waals surface area (Å²) < 4.78 is 0. The zero-order valence-electron chi connectivity index (χ0n) is 19.9. The number of aliphatic imine (C=N–C) groups is 2. The van der Waals surface area contributed by atoms with Crippen molar-refractivity contribution in [1.82, 2.24) is 20.3 Å². The minimum Gasteiger partial charge on any atom is -0.366 e. The van der Waals surface area contributed by atoms with Gasteiger partial charge < -0.3 is 10.6 Å². The number of pyridine rings is 1. The molecule has 9 nitrogen and oxygen atoms in total. The summed E-state index contributed by atoms with van der Waals surface area (Å²) in [6.45, 7) is 7.04. The van der Waals surface area contributed by atoms with E-state index in [4.69, 9.17) is 0 Å². The van der Waals surface area contributed by atoms with E-state index in [0.717, 1.165) is 22.4 Å². The van der Waals surface area contributed by atoms with Gasteiger partial charge in [0.05, 0.1) is 17.9 Å². The Morgan fingerprint density at radius 2 is 1.94 bits per heavy atom. The summed E-state index contributed by atoms with van der Waals surface area (Å²) in [4.78, 5) is 35.9. The number of benzene rings is 1. The van der Waals surface area contributed by atoms with Crippen molar-refractivity contribution in [2.75, 3.05) is 30.5 Å². The molecular weight excluding hydrogens is 440 g/mol. The van der Waals surface area contributed by atoms with E-state index in [1.807, 2.05) is 19.2 Å². The van der Waals surface area contributed by atoms with Crippen LogP contribution in [0.25, 0.3) is 11.1 Å². The number of amides is 1. The van der Waals surface area contributed by atoms with Crippen molar-refractivity contribution >= 4 is 30.5 Å². The summed E-state index contributed by atoms with van der Waals surface area (Å²) in [5, 5.41) is 6.25. The van der Waals surface area contributed by atoms with Crippen molar-refractivity contribution in [1.29, 1.82) is 0 Å². The molecule has 0 aliphatic carbocycles. The smallest absolute Gasteiger partial charge is 0.262 e. The lowest BCUT2D eigenvalue weighted by atomic mass is 10.0. The fourth-order valence-corrected chi connectivity index (χ4v) is 3.79. The number of carbonyl (C=O) groups is 1. The van der Waals surface area contributed by atoms with Crippen molar-refractivity contribution in [2.24, 2.45) is 9.98 Å². The van der Waals surface area contributed by atoms with Crippen LogP contribution in [0.1, 0.15) is 17.7 Å². The number of anilines is 2. The van der Waals surface area contributed by atoms with Crippen molar-refractivity contribution in [2.45, 2.75) is 19.9 Å². The van der Waals surface area contributed by atoms with Crippen LogP contribution < -0.4 is 15.5 Å². The first-order valence-corrected chi connectivity index (χ1v) is 11.3. The highest BCUT2D eigenvalue weighted by atomic mass is 16.2. The second-order valence-electron chi connectivity index (χ2n) is 8.05. The SMILES string of the molecule is C=NC1=C(/C=N\CNC)C(=O)N(c2cc(NCc3ccc(-c4ccnc(C)c4)cc3)ncn2)CC1. The second kappa shape index (κ2) is 11.3. The summed E-state index contributed by atoms with van der Waals surface area (Å²) in [7, 11) is 1.79. The van der Waals surface area contributed by atoms with Gasteiger partial charge in [0, 0.05) is 43.7 Å². The van der Waals surface area contributed by atoms with E-state index in [2.05, 4.69) is 72.6 Å². The van der Waals surface area contributed by atoms with E-state index < -0.39 is 0 Å². The van der Waals surface area contributed by atoms with E-state index in [9.17, 15) is 4.79 Å². The lowest BCUT2D eigenvalue weighted by Gasteiger charge is -2.27. The average Bonchev–Trinajstić information content (AvgIpc) is 2.89. The van der Waals surface area contributed by atoms with Crippen molar-refractivity contribution in [3.63, 3.8) is 0 Å². The van der Waals surface area contributed by atoms with Gasteiger partial charge in [0.25, 0.3) is 5.91 Å². The molecule has 0 spiro atoms. The van der Waals surface area contributed by atoms with Crippen LogP contribution in [-0.2, 0) is 11.3 Å². The van der Waals surface area contributed by atoms with Gasteiger partial charge in [-0.3, -0.25) is 24.7 Å². The van der Waals surface area contributed by atoms with Crippen LogP contribution in [0.15, 0.2) is 76.2 Å². The van der Waals surface area contributed by atoms with Crippen LogP contribution in [0.4, 0.5) is 11.6 Å². The molecule has 2 aromatic heterocycles. The topological polar surface area (TPSA) is 108 Å². The van der Waals surface area contributed by atoms with Gasteiger partial charge in [0.1, 0.15) is 18.0 Å². The maximum absolute atomic E-state index is 13.1. The summed E-state index contributed by atoms with van der Waals surface area (Å²) in [6.07, 6.45) is 5.40. The monoisotopic (exact) mass is 468 g/mol. The first kappa shape index (κ1) is 23.9. The molecule has 0 radical (unpaired) electrons. The third kappa shape index (κ3) is 5.82. The fraction of sp³-hybridized carbons (Fsp3) is 0.231. The molecule has 2 N–H and O–H groups in total. The molecule has 1 aliphatic heterocycles. The standard InChI is InChI=1S/C26H28N8O/c1-18-12-21(8-10-30-18)20-6-4-19(5-7-20)14-31-24-13-25(33-17-32-24)34-11-9-23(28-3)22(26(34)35)15-29-16-27-2/h4-8,10,12-13,15,17,27H,3,9,11,14,16H2,1-2H3,(H,31,32,33)/b29-15-. The number of rotatable bonds is 9. The van der Waals surface area contributed by atoms with E-state index in [1.54, 1.807) is 24.2 Å². The molecule has 0 unspecified atom stereocenters. The van der Waals surface area contributed by atoms with Gasteiger partial charge in [-0.15, -0.1) is 0 Å². The predicted octanol–water partition coefficient (Wildman–Crippen LogP) is 3.40. The molecule has 1 amide bonds. The molecule has 0 bridgehead atoms. The molecule has 0 atom stereocenters. The number of aromatic nitrogens is 3. The van der Waals surface area contributed by atoms with Crippen LogP contribution in [0.5, 0.6) is 0 Å². The quantitative estimate of drug-likeness (QED) is 0.466. The summed E-state index contributed by atoms with van der Waals surface area (Å²) in [5.41, 5.74) is 5.46. The molecule has 1 aromatic carbocycles. The third-order valence-electron chi connectivity index (χ3n) is 5.61. The van der Waals surface area contributed by atoms with Gasteiger partial charge in [0.2, 0.25) is 0 Å². The zero-order valence-corrected chi connectivity index (χ0v) is 19.9. The summed E-state index contributed by atoms with van der Waals surface area (Å²) in [5.74, 6) is 0.960. The molecule has 178 valence electrons. The molecule has 3 aromatic rings. The highest BCUT2D eigenvalue weighted by Crippen LogP contribution is 2.25. The van der Waals surface area contributed by atoms with Crippen molar-refractivity contribution < 1.29 is 4.79 Å². The molecule has 0 fully saturated rings. The maximum Gasteiger partial charge on any atom is 0.262 e. The number of carbonyl (C=O) groups excluding carboxylic acids is 1. The van der Waals surface area contributed by atoms with Gasteiger partial charge in [0.15, 0.2) is 0 Å². The van der Waals surface area contributed by atoms with Gasteiger partial charge >= 0.3 is 0 Å². The zero-order chi connectivity index (χ0) is 24.6. The first-order valence-electron chi connectivity index (χ1n) is 11.3. The second-order valence-corrected chi connectivity index (χ2v) is 8.05. The van der Waals surface area contributed by atoms with Crippen LogP contribution >= 0.6 is 0 Å². The van der Waals surface area contributed by atoms with Gasteiger partial charge in [-0.2, -0.15) is 0 Å². The predicted molar refractivity (Wildman–Crippen MR) is 140 cm³/mol. The van der Waals surface area contributed by atoms with Crippen LogP contribution in [0.3, 0.4) is 0 Å². The lowest BCUT2D eigenvalue weighted by Crippen LogP contribution is -2.38. The number of nitrogens with zero attached hydrogens (tertiary/aromatic N) is 6. The maximum atomic E-state index is 13.1. The highest BCUT2D eigenvalue weighted by Gasteiger charge is 2.28.